The van der Waals surface area contributed by atoms with Gasteiger partial charge in [0.25, 0.3) is 0 Å². The van der Waals surface area contributed by atoms with Crippen LogP contribution in [0.3, 0.4) is 0 Å². The highest BCUT2D eigenvalue weighted by molar-refractivity contribution is 5.79. The molecule has 0 N–H and O–H groups in total. The zero-order chi connectivity index (χ0) is 23.8. The van der Waals surface area contributed by atoms with Gasteiger partial charge in [0, 0.05) is 5.92 Å². The van der Waals surface area contributed by atoms with Crippen LogP contribution in [-0.4, -0.2) is 42.9 Å². The maximum absolute atomic E-state index is 14.0. The van der Waals surface area contributed by atoms with E-state index in [0.717, 1.165) is 18.4 Å². The minimum Gasteiger partial charge on any atom is -0.448 e. The van der Waals surface area contributed by atoms with Crippen LogP contribution < -0.4 is 0 Å². The number of morpholine rings is 1. The Kier molecular flexibility index (Phi) is 5.86. The smallest absolute Gasteiger partial charge is 0.410 e. The Morgan fingerprint density at radius 3 is 2.31 bits per heavy atom. The molecule has 2 atom stereocenters. The second-order valence-electron chi connectivity index (χ2n) is 9.59. The van der Waals surface area contributed by atoms with Crippen molar-refractivity contribution in [1.29, 1.82) is 0 Å². The zero-order valence-corrected chi connectivity index (χ0v) is 19.5. The van der Waals surface area contributed by atoms with Crippen molar-refractivity contribution in [2.45, 2.75) is 37.3 Å². The normalized spacial score (nSPS) is 20.7. The fourth-order valence-corrected chi connectivity index (χ4v) is 5.82. The van der Waals surface area contributed by atoms with Gasteiger partial charge in [-0.25, -0.2) is 9.18 Å². The van der Waals surface area contributed by atoms with Crippen molar-refractivity contribution in [1.82, 2.24) is 4.90 Å². The first kappa shape index (κ1) is 22.1. The topological polar surface area (TPSA) is 38.8 Å². The number of fused-ring (bicyclic) bond motifs is 5. The van der Waals surface area contributed by atoms with Gasteiger partial charge in [0.2, 0.25) is 0 Å². The molecule has 35 heavy (non-hydrogen) atoms. The van der Waals surface area contributed by atoms with Gasteiger partial charge in [-0.15, -0.1) is 0 Å². The predicted molar refractivity (Wildman–Crippen MR) is 133 cm³/mol. The number of amides is 1. The molecule has 1 aliphatic carbocycles. The van der Waals surface area contributed by atoms with Crippen LogP contribution in [0, 0.1) is 5.82 Å². The van der Waals surface area contributed by atoms with E-state index in [1.807, 2.05) is 29.2 Å². The maximum atomic E-state index is 14.0. The molecule has 2 unspecified atom stereocenters. The van der Waals surface area contributed by atoms with E-state index in [9.17, 15) is 9.18 Å². The second kappa shape index (κ2) is 9.31. The summed E-state index contributed by atoms with van der Waals surface area (Å²) in [5.74, 6) is -0.119. The monoisotopic (exact) mass is 469 g/mol. The second-order valence-corrected chi connectivity index (χ2v) is 9.59. The summed E-state index contributed by atoms with van der Waals surface area (Å²) in [6.45, 7) is 1.27. The molecule has 5 heteroatoms. The molecule has 6 rings (SSSR count). The van der Waals surface area contributed by atoms with Crippen LogP contribution >= 0.6 is 0 Å². The number of benzene rings is 3. The van der Waals surface area contributed by atoms with Gasteiger partial charge in [-0.05, 0) is 53.1 Å². The van der Waals surface area contributed by atoms with Crippen LogP contribution in [-0.2, 0) is 15.9 Å². The Hall–Kier alpha value is -3.44. The summed E-state index contributed by atoms with van der Waals surface area (Å²) in [4.78, 5) is 15.1. The van der Waals surface area contributed by atoms with Crippen LogP contribution in [0.1, 0.15) is 35.4 Å². The molecule has 0 aromatic heterocycles. The fraction of sp³-hybridized carbons (Fsp3) is 0.300. The number of hydrogen-bond donors (Lipinski definition) is 0. The number of halogens is 1. The molecule has 0 saturated carbocycles. The number of carbonyl (C=O) groups is 1. The molecule has 1 fully saturated rings. The lowest BCUT2D eigenvalue weighted by Crippen LogP contribution is -2.56. The molecule has 178 valence electrons. The summed E-state index contributed by atoms with van der Waals surface area (Å²) < 4.78 is 25.7. The van der Waals surface area contributed by atoms with Crippen molar-refractivity contribution in [3.63, 3.8) is 0 Å². The molecule has 1 saturated heterocycles. The number of ether oxygens (including phenoxy) is 2. The quantitative estimate of drug-likeness (QED) is 0.424. The number of hydrogen-bond acceptors (Lipinski definition) is 3. The van der Waals surface area contributed by atoms with Gasteiger partial charge in [-0.1, -0.05) is 78.4 Å². The molecule has 3 aliphatic rings. The van der Waals surface area contributed by atoms with E-state index in [4.69, 9.17) is 9.47 Å². The molecular formula is C30H28FNO3. The standard InChI is InChI=1S/C30H28FNO3/c31-29-12-6-1-7-21(29)14-13-20-15-22-17-34-18-23(16-20)32(22)30(33)35-19-28-26-10-4-2-8-24(26)25-9-3-5-11-27(25)28/h1-12,15,22-23,28H,13-14,16-19H2. The van der Waals surface area contributed by atoms with Crippen LogP contribution in [0.15, 0.2) is 84.4 Å². The lowest BCUT2D eigenvalue weighted by atomic mass is 9.91. The summed E-state index contributed by atoms with van der Waals surface area (Å²) in [5, 5.41) is 0. The average molecular weight is 470 g/mol. The zero-order valence-electron chi connectivity index (χ0n) is 19.5. The van der Waals surface area contributed by atoms with E-state index in [2.05, 4.69) is 42.5 Å². The first-order chi connectivity index (χ1) is 17.2. The SMILES string of the molecule is O=C(OCC1c2ccccc2-c2ccccc21)N1C2C=C(CCc3ccccc3F)CC1COC2. The summed E-state index contributed by atoms with van der Waals surface area (Å²) in [6, 6.07) is 23.4. The maximum Gasteiger partial charge on any atom is 0.410 e. The Morgan fingerprint density at radius 1 is 0.914 bits per heavy atom. The van der Waals surface area contributed by atoms with Crippen molar-refractivity contribution >= 4 is 6.09 Å². The third-order valence-corrected chi connectivity index (χ3v) is 7.50. The van der Waals surface area contributed by atoms with Crippen LogP contribution in [0.5, 0.6) is 0 Å². The summed E-state index contributed by atoms with van der Waals surface area (Å²) in [5.41, 5.74) is 6.84. The Bertz CT molecular complexity index is 1240. The molecule has 2 aliphatic heterocycles. The summed E-state index contributed by atoms with van der Waals surface area (Å²) >= 11 is 0. The average Bonchev–Trinajstić information content (AvgIpc) is 3.20. The number of rotatable bonds is 5. The van der Waals surface area contributed by atoms with Gasteiger partial charge >= 0.3 is 6.09 Å². The molecular weight excluding hydrogens is 441 g/mol. The molecule has 3 aromatic carbocycles. The van der Waals surface area contributed by atoms with Crippen molar-refractivity contribution in [3.8, 4) is 11.1 Å². The van der Waals surface area contributed by atoms with Gasteiger partial charge in [0.15, 0.2) is 0 Å². The van der Waals surface area contributed by atoms with E-state index in [-0.39, 0.29) is 29.9 Å². The highest BCUT2D eigenvalue weighted by Gasteiger charge is 2.39. The van der Waals surface area contributed by atoms with Crippen molar-refractivity contribution in [3.05, 3.63) is 107 Å². The van der Waals surface area contributed by atoms with E-state index in [0.29, 0.717) is 26.2 Å². The molecule has 1 amide bonds. The fourth-order valence-electron chi connectivity index (χ4n) is 5.82. The highest BCUT2D eigenvalue weighted by Crippen LogP contribution is 2.44. The molecule has 2 heterocycles. The van der Waals surface area contributed by atoms with Gasteiger partial charge in [-0.2, -0.15) is 0 Å². The van der Waals surface area contributed by atoms with Gasteiger partial charge < -0.3 is 9.47 Å². The number of aryl methyl sites for hydroxylation is 1. The largest absolute Gasteiger partial charge is 0.448 e. The minimum atomic E-state index is -0.283. The molecule has 0 spiro atoms. The molecule has 2 bridgehead atoms. The number of nitrogens with zero attached hydrogens (tertiary/aromatic N) is 1. The Labute approximate surface area is 205 Å². The van der Waals surface area contributed by atoms with Crippen molar-refractivity contribution in [2.75, 3.05) is 19.8 Å². The first-order valence-electron chi connectivity index (χ1n) is 12.3. The highest BCUT2D eigenvalue weighted by atomic mass is 19.1. The first-order valence-corrected chi connectivity index (χ1v) is 12.3. The van der Waals surface area contributed by atoms with E-state index in [1.54, 1.807) is 6.07 Å². The van der Waals surface area contributed by atoms with Crippen molar-refractivity contribution < 1.29 is 18.7 Å². The lowest BCUT2D eigenvalue weighted by molar-refractivity contribution is -0.0365. The van der Waals surface area contributed by atoms with Crippen LogP contribution in [0.4, 0.5) is 9.18 Å². The molecule has 3 aromatic rings. The van der Waals surface area contributed by atoms with Crippen molar-refractivity contribution in [2.24, 2.45) is 0 Å². The van der Waals surface area contributed by atoms with Gasteiger partial charge in [-0.3, -0.25) is 4.90 Å². The minimum absolute atomic E-state index is 0.0408. The summed E-state index contributed by atoms with van der Waals surface area (Å²) in [6.07, 6.45) is 4.01. The van der Waals surface area contributed by atoms with Gasteiger partial charge in [0.05, 0.1) is 25.3 Å². The van der Waals surface area contributed by atoms with Crippen LogP contribution in [0.25, 0.3) is 11.1 Å². The lowest BCUT2D eigenvalue weighted by Gasteiger charge is -2.44. The third-order valence-electron chi connectivity index (χ3n) is 7.50. The molecule has 4 nitrogen and oxygen atoms in total. The van der Waals surface area contributed by atoms with E-state index >= 15 is 0 Å². The third kappa shape index (κ3) is 4.14. The van der Waals surface area contributed by atoms with Gasteiger partial charge in [0.1, 0.15) is 12.4 Å². The predicted octanol–water partition coefficient (Wildman–Crippen LogP) is 6.11. The Morgan fingerprint density at radius 2 is 1.60 bits per heavy atom. The summed E-state index contributed by atoms with van der Waals surface area (Å²) in [7, 11) is 0. The van der Waals surface area contributed by atoms with E-state index < -0.39 is 0 Å². The van der Waals surface area contributed by atoms with Crippen LogP contribution in [0.2, 0.25) is 0 Å². The molecule has 0 radical (unpaired) electrons. The Balaban J connectivity index is 1.15. The van der Waals surface area contributed by atoms with E-state index in [1.165, 1.54) is 33.9 Å². The number of carbonyl (C=O) groups excluding carboxylic acids is 1.